The Labute approximate surface area is 451 Å². The Bertz CT molecular complexity index is 2930. The summed E-state index contributed by atoms with van der Waals surface area (Å²) >= 11 is 8.41. The van der Waals surface area contributed by atoms with Crippen LogP contribution >= 0.6 is 69.7 Å². The first kappa shape index (κ1) is 54.8. The molecule has 4 aliphatic heterocycles. The summed E-state index contributed by atoms with van der Waals surface area (Å²) in [6.45, 7) is 5.95. The highest BCUT2D eigenvalue weighted by molar-refractivity contribution is 8.03. The number of carbonyl (C=O) groups is 2. The van der Waals surface area contributed by atoms with Crippen LogP contribution < -0.4 is 30.1 Å². The van der Waals surface area contributed by atoms with Crippen LogP contribution in [-0.2, 0) is 30.5 Å². The Morgan fingerprint density at radius 2 is 1.14 bits per heavy atom. The van der Waals surface area contributed by atoms with Crippen LogP contribution in [0.3, 0.4) is 0 Å². The molecule has 4 atom stereocenters. The van der Waals surface area contributed by atoms with E-state index in [-0.39, 0.29) is 37.7 Å². The Morgan fingerprint density at radius 3 is 1.59 bits per heavy atom. The monoisotopic (exact) mass is 1110 g/mol. The highest BCUT2D eigenvalue weighted by atomic mass is 32.2. The van der Waals surface area contributed by atoms with Crippen LogP contribution in [0.2, 0.25) is 0 Å². The molecule has 30 heteroatoms. The number of thioether (sulfide) groups is 4. The summed E-state index contributed by atoms with van der Waals surface area (Å²) in [4.78, 5) is 25.8. The number of nitrogens with zero attached hydrogens (tertiary/aromatic N) is 6. The minimum atomic E-state index is -1.16. The van der Waals surface area contributed by atoms with Crippen molar-refractivity contribution in [2.45, 2.75) is 80.9 Å². The number of rotatable bonds is 10. The predicted octanol–water partition coefficient (Wildman–Crippen LogP) is 4.66. The normalized spacial score (nSPS) is 18.0. The summed E-state index contributed by atoms with van der Waals surface area (Å²) in [6, 6.07) is 22.9. The van der Waals surface area contributed by atoms with Gasteiger partial charge >= 0.3 is 34.4 Å². The molecule has 4 aromatic carbocycles. The fourth-order valence-corrected chi connectivity index (χ4v) is 13.6. The van der Waals surface area contributed by atoms with Crippen molar-refractivity contribution in [3.8, 4) is 23.0 Å². The second-order valence-electron chi connectivity index (χ2n) is 16.8. The number of para-hydroxylation sites is 4. The third-order valence-electron chi connectivity index (χ3n) is 11.5. The quantitative estimate of drug-likeness (QED) is 0.0864. The number of fused-ring (bicyclic) bond motifs is 4. The maximum Gasteiger partial charge on any atom is 0.537 e. The number of anilines is 1. The molecule has 0 bridgehead atoms. The van der Waals surface area contributed by atoms with E-state index in [4.69, 9.17) is 35.2 Å². The minimum Gasteiger partial charge on any atom is -0.535 e. The Balaban J connectivity index is 0.000000131. The van der Waals surface area contributed by atoms with Crippen LogP contribution in [0.15, 0.2) is 98.5 Å². The van der Waals surface area contributed by atoms with Crippen molar-refractivity contribution in [1.82, 2.24) is 35.6 Å². The van der Waals surface area contributed by atoms with Crippen LogP contribution in [0.4, 0.5) is 5.13 Å². The van der Waals surface area contributed by atoms with Gasteiger partial charge in [-0.15, -0.1) is 32.2 Å². The SMILES string of the molecule is Cc1cccc2c1OB(O)[C@@H](Sc1ncn[nH]1)C2.Cc1cccc2c1OB(O)[C@@H](Sc1nnc(N)s1)C2.Cc1cccc2c1OB(O)[C@@H](Sc1nncs1)C2.NC(=O)CS[C@H]1Cc2cccc(C(=O)O)c2OB1O. The number of aromatic amines is 1. The van der Waals surface area contributed by atoms with Crippen molar-refractivity contribution in [2.75, 3.05) is 11.5 Å². The Hall–Kier alpha value is -5.42. The van der Waals surface area contributed by atoms with Crippen LogP contribution in [0.5, 0.6) is 23.0 Å². The number of carbonyl (C=O) groups excluding carboxylic acids is 1. The maximum absolute atomic E-state index is 11.0. The first-order chi connectivity index (χ1) is 35.6. The number of nitrogens with one attached hydrogen (secondary N) is 1. The number of carboxylic acids is 1. The fourth-order valence-electron chi connectivity index (χ4n) is 8.00. The summed E-state index contributed by atoms with van der Waals surface area (Å²) in [5, 5.41) is 71.7. The molecule has 382 valence electrons. The number of nitrogen functional groups attached to an aromatic ring is 1. The van der Waals surface area contributed by atoms with Crippen LogP contribution in [0.25, 0.3) is 0 Å². The van der Waals surface area contributed by atoms with Gasteiger partial charge < -0.3 is 55.3 Å². The largest absolute Gasteiger partial charge is 0.537 e. The van der Waals surface area contributed by atoms with Gasteiger partial charge in [-0.3, -0.25) is 9.89 Å². The topological polar surface area (TPSA) is 317 Å². The highest BCUT2D eigenvalue weighted by Gasteiger charge is 2.40. The van der Waals surface area contributed by atoms with Gasteiger partial charge in [0.05, 0.1) is 31.9 Å². The molecule has 74 heavy (non-hydrogen) atoms. The number of carboxylic acid groups (broad SMARTS) is 1. The molecule has 0 aliphatic carbocycles. The van der Waals surface area contributed by atoms with Gasteiger partial charge in [-0.05, 0) is 91.5 Å². The van der Waals surface area contributed by atoms with E-state index in [0.29, 0.717) is 22.3 Å². The smallest absolute Gasteiger partial charge is 0.535 e. The van der Waals surface area contributed by atoms with E-state index in [2.05, 4.69) is 35.6 Å². The summed E-state index contributed by atoms with van der Waals surface area (Å²) in [5.74, 6) is 1.12. The van der Waals surface area contributed by atoms with Crippen LogP contribution in [0, 0.1) is 20.8 Å². The second-order valence-corrected chi connectivity index (χ2v) is 24.1. The van der Waals surface area contributed by atoms with Gasteiger partial charge in [-0.2, -0.15) is 5.10 Å². The molecule has 0 radical (unpaired) electrons. The number of hydrogen-bond acceptors (Lipinski definition) is 23. The molecule has 7 aromatic rings. The maximum atomic E-state index is 11.0. The first-order valence-electron chi connectivity index (χ1n) is 22.7. The number of primary amides is 1. The molecule has 4 aliphatic rings. The van der Waals surface area contributed by atoms with Gasteiger partial charge in [0.15, 0.2) is 13.8 Å². The van der Waals surface area contributed by atoms with Gasteiger partial charge in [0.1, 0.15) is 34.8 Å². The van der Waals surface area contributed by atoms with Crippen LogP contribution in [0.1, 0.15) is 49.3 Å². The standard InChI is InChI=1S/C11H12BN3O2S2.C11H12BN3O2S.C11H11BN2O2S2.C11H12BNO5S/c1-6-3-2-4-7-5-8(12(16)17-9(6)7)18-11-15-14-10(13)19-11;1-7-3-2-4-8-5-9(12(16)17-10(7)8)18-11-13-6-14-15-11;1-7-3-2-4-8-5-9(12(15)16-10(7)8)18-11-14-13-6-17-11;13-9(14)5-19-8-4-6-2-1-3-7(11(15)16)10(6)18-12(8)17/h2-4,8,16H,5H2,1H3,(H2,13,14);2-4,6,9,16H,5H2,1H3,(H,13,14,15);2-4,6,9,15H,5H2,1H3;1-3,8,17H,4-5H2,(H2,13,14)(H,15,16)/t8-;2*9-;8-/m0000/s1. The lowest BCUT2D eigenvalue weighted by Crippen LogP contribution is -2.41. The summed E-state index contributed by atoms with van der Waals surface area (Å²) in [6.07, 6.45) is 4.15. The summed E-state index contributed by atoms with van der Waals surface area (Å²) in [5.41, 5.74) is 19.5. The zero-order valence-electron chi connectivity index (χ0n) is 39.7. The van der Waals surface area contributed by atoms with Crippen molar-refractivity contribution in [3.05, 3.63) is 129 Å². The number of aromatic carboxylic acids is 1. The average molecular weight is 1110 g/mol. The number of nitrogens with two attached hydrogens (primary N) is 2. The third kappa shape index (κ3) is 14.1. The molecular formula is C44H47B4N9O11S6. The minimum absolute atomic E-state index is 0.0231. The molecule has 0 saturated carbocycles. The number of benzene rings is 4. The molecule has 3 aromatic heterocycles. The molecule has 0 saturated heterocycles. The molecule has 7 heterocycles. The zero-order valence-corrected chi connectivity index (χ0v) is 44.6. The van der Waals surface area contributed by atoms with Crippen molar-refractivity contribution < 1.29 is 53.4 Å². The molecule has 0 fully saturated rings. The molecule has 0 unspecified atom stereocenters. The predicted molar refractivity (Wildman–Crippen MR) is 291 cm³/mol. The van der Waals surface area contributed by atoms with E-state index in [1.807, 2.05) is 75.4 Å². The molecule has 20 nitrogen and oxygen atoms in total. The molecule has 1 amide bonds. The van der Waals surface area contributed by atoms with Crippen molar-refractivity contribution >= 4 is 115 Å². The van der Waals surface area contributed by atoms with Crippen molar-refractivity contribution in [1.29, 1.82) is 0 Å². The third-order valence-corrected chi connectivity index (χ3v) is 18.0. The lowest BCUT2D eigenvalue weighted by atomic mass is 9.77. The van der Waals surface area contributed by atoms with E-state index >= 15 is 0 Å². The van der Waals surface area contributed by atoms with E-state index < -0.39 is 40.4 Å². The van der Waals surface area contributed by atoms with Gasteiger partial charge in [0.2, 0.25) is 11.0 Å². The summed E-state index contributed by atoms with van der Waals surface area (Å²) < 4.78 is 23.7. The number of aromatic nitrogens is 7. The number of H-pyrrole nitrogens is 1. The fraction of sp³-hybridized carbons (Fsp3) is 0.273. The summed E-state index contributed by atoms with van der Waals surface area (Å²) in [7, 11) is -3.62. The average Bonchev–Trinajstić information content (AvgIpc) is 4.18. The number of amides is 1. The van der Waals surface area contributed by atoms with Crippen molar-refractivity contribution in [3.63, 3.8) is 0 Å². The van der Waals surface area contributed by atoms with Gasteiger partial charge in [-0.1, -0.05) is 125 Å². The molecule has 10 N–H and O–H groups in total. The molecular weight excluding hydrogens is 1070 g/mol. The second kappa shape index (κ2) is 25.4. The van der Waals surface area contributed by atoms with E-state index in [0.717, 1.165) is 78.6 Å². The molecule has 0 spiro atoms. The highest BCUT2D eigenvalue weighted by Crippen LogP contribution is 2.40. The number of hydrogen-bond donors (Lipinski definition) is 8. The molecule has 11 rings (SSSR count). The lowest BCUT2D eigenvalue weighted by molar-refractivity contribution is -0.115. The Kier molecular flexibility index (Phi) is 18.8. The van der Waals surface area contributed by atoms with E-state index in [9.17, 15) is 29.7 Å². The van der Waals surface area contributed by atoms with E-state index in [1.165, 1.54) is 82.1 Å². The van der Waals surface area contributed by atoms with Gasteiger partial charge in [-0.25, -0.2) is 9.78 Å². The zero-order chi connectivity index (χ0) is 52.5. The van der Waals surface area contributed by atoms with Gasteiger partial charge in [0, 0.05) is 0 Å². The van der Waals surface area contributed by atoms with Gasteiger partial charge in [0.25, 0.3) is 0 Å². The van der Waals surface area contributed by atoms with Crippen LogP contribution in [-0.4, -0.2) is 127 Å². The first-order valence-corrected chi connectivity index (χ1v) is 28.1. The van der Waals surface area contributed by atoms with Crippen molar-refractivity contribution in [2.24, 2.45) is 5.73 Å². The lowest BCUT2D eigenvalue weighted by Gasteiger charge is -2.27. The Morgan fingerprint density at radius 1 is 0.662 bits per heavy atom. The van der Waals surface area contributed by atoms with E-state index in [1.54, 1.807) is 17.6 Å². The number of aryl methyl sites for hydroxylation is 3.